The smallest absolute Gasteiger partial charge is 0.264 e. The van der Waals surface area contributed by atoms with Gasteiger partial charge < -0.3 is 4.74 Å². The van der Waals surface area contributed by atoms with Crippen molar-refractivity contribution >= 4 is 38.3 Å². The van der Waals surface area contributed by atoms with Crippen LogP contribution in [0.5, 0.6) is 5.88 Å². The molecule has 188 valence electrons. The Balaban J connectivity index is 1.44. The third kappa shape index (κ3) is 4.59. The van der Waals surface area contributed by atoms with Gasteiger partial charge in [0.15, 0.2) is 23.5 Å². The summed E-state index contributed by atoms with van der Waals surface area (Å²) in [4.78, 5) is 10.3. The Morgan fingerprint density at radius 3 is 2.61 bits per heavy atom. The average molecular weight is 535 g/mol. The van der Waals surface area contributed by atoms with Crippen LogP contribution in [0.2, 0.25) is 5.02 Å². The van der Waals surface area contributed by atoms with Crippen LogP contribution in [0.1, 0.15) is 5.69 Å². The summed E-state index contributed by atoms with van der Waals surface area (Å²) in [6.07, 6.45) is -1.84. The number of anilines is 1. The lowest BCUT2D eigenvalue weighted by Crippen LogP contribution is -2.27. The Labute approximate surface area is 210 Å². The predicted octanol–water partition coefficient (Wildman–Crippen LogP) is 3.95. The Hall–Kier alpha value is -3.35. The number of aromatic nitrogens is 4. The van der Waals surface area contributed by atoms with Gasteiger partial charge in [0, 0.05) is 30.0 Å². The summed E-state index contributed by atoms with van der Waals surface area (Å²) in [5, 5.41) is 7.30. The van der Waals surface area contributed by atoms with Crippen LogP contribution in [0.3, 0.4) is 0 Å². The summed E-state index contributed by atoms with van der Waals surface area (Å²) in [5.41, 5.74) is 1.78. The molecule has 0 bridgehead atoms. The van der Waals surface area contributed by atoms with E-state index >= 15 is 0 Å². The number of halogens is 3. The second-order valence-electron chi connectivity index (χ2n) is 8.53. The van der Waals surface area contributed by atoms with E-state index in [1.807, 2.05) is 11.9 Å². The fraction of sp³-hybridized carbons (Fsp3) is 0.261. The monoisotopic (exact) mass is 534 g/mol. The fourth-order valence-electron chi connectivity index (χ4n) is 4.00. The van der Waals surface area contributed by atoms with Crippen LogP contribution in [0.4, 0.5) is 14.5 Å². The van der Waals surface area contributed by atoms with E-state index in [2.05, 4.69) is 24.9 Å². The van der Waals surface area contributed by atoms with E-state index in [9.17, 15) is 17.2 Å². The maximum Gasteiger partial charge on any atom is 0.264 e. The SMILES string of the molecule is Cc1[nH]nc2nc(-c3ccc(NS(=O)(=O)c4cccc(Cl)c4F)cc3)nc(O[C@@H]3CN(C)C[C@@H]3F)c12. The Morgan fingerprint density at radius 1 is 1.17 bits per heavy atom. The van der Waals surface area contributed by atoms with Crippen molar-refractivity contribution in [3.05, 3.63) is 59.0 Å². The zero-order valence-electron chi connectivity index (χ0n) is 19.2. The molecule has 9 nitrogen and oxygen atoms in total. The van der Waals surface area contributed by atoms with Gasteiger partial charge in [-0.2, -0.15) is 10.1 Å². The molecule has 2 aromatic carbocycles. The number of aromatic amines is 1. The minimum Gasteiger partial charge on any atom is -0.469 e. The highest BCUT2D eigenvalue weighted by molar-refractivity contribution is 7.92. The minimum atomic E-state index is -4.21. The number of nitrogens with zero attached hydrogens (tertiary/aromatic N) is 4. The Bertz CT molecular complexity index is 1550. The molecule has 5 rings (SSSR count). The van der Waals surface area contributed by atoms with Gasteiger partial charge in [0.2, 0.25) is 5.88 Å². The number of H-pyrrole nitrogens is 1. The van der Waals surface area contributed by atoms with E-state index in [1.165, 1.54) is 24.3 Å². The largest absolute Gasteiger partial charge is 0.469 e. The van der Waals surface area contributed by atoms with E-state index in [-0.39, 0.29) is 29.0 Å². The maximum absolute atomic E-state index is 14.4. The number of likely N-dealkylation sites (N-methyl/N-ethyl adjacent to an activating group) is 1. The van der Waals surface area contributed by atoms with Crippen LogP contribution < -0.4 is 9.46 Å². The van der Waals surface area contributed by atoms with Crippen molar-refractivity contribution in [3.8, 4) is 17.3 Å². The molecule has 2 atom stereocenters. The molecule has 1 aliphatic heterocycles. The number of likely N-dealkylation sites (tertiary alicyclic amines) is 1. The third-order valence-corrected chi connectivity index (χ3v) is 7.50. The van der Waals surface area contributed by atoms with Crippen molar-refractivity contribution in [2.24, 2.45) is 0 Å². The van der Waals surface area contributed by atoms with Crippen molar-refractivity contribution in [2.75, 3.05) is 24.9 Å². The highest BCUT2D eigenvalue weighted by Gasteiger charge is 2.34. The topological polar surface area (TPSA) is 113 Å². The summed E-state index contributed by atoms with van der Waals surface area (Å²) >= 11 is 5.71. The van der Waals surface area contributed by atoms with Gasteiger partial charge in [-0.15, -0.1) is 0 Å². The lowest BCUT2D eigenvalue weighted by atomic mass is 10.2. The maximum atomic E-state index is 14.4. The number of hydrogen-bond acceptors (Lipinski definition) is 7. The molecule has 0 radical (unpaired) electrons. The van der Waals surface area contributed by atoms with E-state index < -0.39 is 33.0 Å². The number of sulfonamides is 1. The number of aryl methyl sites for hydroxylation is 1. The molecular weight excluding hydrogens is 514 g/mol. The van der Waals surface area contributed by atoms with Crippen molar-refractivity contribution in [3.63, 3.8) is 0 Å². The first-order chi connectivity index (χ1) is 17.1. The molecule has 0 aliphatic carbocycles. The number of benzene rings is 2. The summed E-state index contributed by atoms with van der Waals surface area (Å²) in [5.74, 6) is -0.553. The Kier molecular flexibility index (Phi) is 6.27. The van der Waals surface area contributed by atoms with Crippen molar-refractivity contribution in [1.29, 1.82) is 0 Å². The molecule has 1 fully saturated rings. The fourth-order valence-corrected chi connectivity index (χ4v) is 5.39. The lowest BCUT2D eigenvalue weighted by molar-refractivity contribution is 0.135. The van der Waals surface area contributed by atoms with Crippen LogP contribution in [0.25, 0.3) is 22.4 Å². The van der Waals surface area contributed by atoms with Gasteiger partial charge in [-0.25, -0.2) is 22.2 Å². The number of hydrogen-bond donors (Lipinski definition) is 2. The van der Waals surface area contributed by atoms with Gasteiger partial charge in [-0.1, -0.05) is 17.7 Å². The molecular formula is C23H21ClF2N6O3S. The molecule has 1 saturated heterocycles. The lowest BCUT2D eigenvalue weighted by Gasteiger charge is -2.16. The summed E-state index contributed by atoms with van der Waals surface area (Å²) in [7, 11) is -2.40. The standard InChI is InChI=1S/C23H21ClF2N6O3S/c1-12-19-22(30-29-12)27-21(28-23(19)35-17-11-32(2)10-16(17)25)13-6-8-14(9-7-13)31-36(33,34)18-5-3-4-15(24)20(18)26/h3-9,16-17,31H,10-11H2,1-2H3,(H,27,28,29,30)/t16-,17+/m0/s1. The molecule has 13 heteroatoms. The van der Waals surface area contributed by atoms with E-state index in [0.717, 1.165) is 6.07 Å². The van der Waals surface area contributed by atoms with E-state index in [4.69, 9.17) is 16.3 Å². The number of fused-ring (bicyclic) bond motifs is 1. The van der Waals surface area contributed by atoms with Gasteiger partial charge in [-0.05, 0) is 50.4 Å². The average Bonchev–Trinajstić information content (AvgIpc) is 3.36. The van der Waals surface area contributed by atoms with E-state index in [1.54, 1.807) is 19.1 Å². The first-order valence-corrected chi connectivity index (χ1v) is 12.8. The molecule has 4 aromatic rings. The molecule has 0 amide bonds. The summed E-state index contributed by atoms with van der Waals surface area (Å²) in [6.45, 7) is 2.48. The van der Waals surface area contributed by atoms with Gasteiger partial charge >= 0.3 is 0 Å². The predicted molar refractivity (Wildman–Crippen MR) is 131 cm³/mol. The van der Waals surface area contributed by atoms with Crippen molar-refractivity contribution < 1.29 is 21.9 Å². The van der Waals surface area contributed by atoms with Crippen LogP contribution in [-0.4, -0.2) is 65.9 Å². The number of rotatable bonds is 6. The van der Waals surface area contributed by atoms with E-state index in [0.29, 0.717) is 28.8 Å². The van der Waals surface area contributed by atoms with Crippen LogP contribution in [0, 0.1) is 12.7 Å². The molecule has 3 heterocycles. The normalized spacial score (nSPS) is 18.6. The highest BCUT2D eigenvalue weighted by atomic mass is 35.5. The quantitative estimate of drug-likeness (QED) is 0.385. The molecule has 0 spiro atoms. The molecule has 1 aliphatic rings. The third-order valence-electron chi connectivity index (χ3n) is 5.81. The first-order valence-electron chi connectivity index (χ1n) is 10.9. The molecule has 2 N–H and O–H groups in total. The minimum absolute atomic E-state index is 0.195. The first kappa shape index (κ1) is 24.3. The molecule has 36 heavy (non-hydrogen) atoms. The zero-order chi connectivity index (χ0) is 25.6. The summed E-state index contributed by atoms with van der Waals surface area (Å²) in [6, 6.07) is 9.90. The Morgan fingerprint density at radius 2 is 1.92 bits per heavy atom. The molecule has 2 aromatic heterocycles. The number of ether oxygens (including phenoxy) is 1. The molecule has 0 saturated carbocycles. The van der Waals surface area contributed by atoms with Crippen LogP contribution >= 0.6 is 11.6 Å². The number of alkyl halides is 1. The zero-order valence-corrected chi connectivity index (χ0v) is 20.7. The highest BCUT2D eigenvalue weighted by Crippen LogP contribution is 2.31. The van der Waals surface area contributed by atoms with Crippen molar-refractivity contribution in [1.82, 2.24) is 25.1 Å². The van der Waals surface area contributed by atoms with Gasteiger partial charge in [0.25, 0.3) is 10.0 Å². The summed E-state index contributed by atoms with van der Waals surface area (Å²) < 4.78 is 62.2. The van der Waals surface area contributed by atoms with Gasteiger partial charge in [0.05, 0.1) is 5.02 Å². The number of nitrogens with one attached hydrogen (secondary N) is 2. The van der Waals surface area contributed by atoms with Gasteiger partial charge in [-0.3, -0.25) is 14.7 Å². The van der Waals surface area contributed by atoms with Crippen LogP contribution in [0.15, 0.2) is 47.4 Å². The van der Waals surface area contributed by atoms with Gasteiger partial charge in [0.1, 0.15) is 16.4 Å². The second kappa shape index (κ2) is 9.26. The molecule has 0 unspecified atom stereocenters. The van der Waals surface area contributed by atoms with Crippen molar-refractivity contribution in [2.45, 2.75) is 24.1 Å². The van der Waals surface area contributed by atoms with Crippen LogP contribution in [-0.2, 0) is 10.0 Å². The second-order valence-corrected chi connectivity index (χ2v) is 10.6.